The van der Waals surface area contributed by atoms with Crippen LogP contribution in [-0.4, -0.2) is 23.7 Å². The Hall–Kier alpha value is -0.570. The lowest BCUT2D eigenvalue weighted by atomic mass is 9.84. The Morgan fingerprint density at radius 2 is 1.88 bits per heavy atom. The molecule has 0 aromatic carbocycles. The maximum absolute atomic E-state index is 12.2. The van der Waals surface area contributed by atoms with Gasteiger partial charge in [0.15, 0.2) is 0 Å². The zero-order valence-electron chi connectivity index (χ0n) is 11.2. The molecule has 0 heterocycles. The largest absolute Gasteiger partial charge is 0.396 e. The quantitative estimate of drug-likeness (QED) is 0.787. The van der Waals surface area contributed by atoms with Crippen molar-refractivity contribution >= 4 is 5.91 Å². The lowest BCUT2D eigenvalue weighted by Gasteiger charge is -2.32. The third-order valence-electron chi connectivity index (χ3n) is 4.39. The molecule has 0 aromatic rings. The summed E-state index contributed by atoms with van der Waals surface area (Å²) in [6, 6.07) is 0.0805. The smallest absolute Gasteiger partial charge is 0.223 e. The molecule has 1 amide bonds. The van der Waals surface area contributed by atoms with E-state index in [1.54, 1.807) is 0 Å². The van der Waals surface area contributed by atoms with Crippen LogP contribution < -0.4 is 5.32 Å². The van der Waals surface area contributed by atoms with E-state index in [0.717, 1.165) is 24.7 Å². The zero-order chi connectivity index (χ0) is 12.6. The van der Waals surface area contributed by atoms with Gasteiger partial charge in [-0.15, -0.1) is 0 Å². The van der Waals surface area contributed by atoms with E-state index in [-0.39, 0.29) is 29.9 Å². The summed E-state index contributed by atoms with van der Waals surface area (Å²) in [5.41, 5.74) is 0.0138. The van der Waals surface area contributed by atoms with Crippen molar-refractivity contribution in [1.82, 2.24) is 5.32 Å². The van der Waals surface area contributed by atoms with Crippen LogP contribution in [0.15, 0.2) is 0 Å². The molecule has 2 aliphatic rings. The van der Waals surface area contributed by atoms with Crippen LogP contribution in [0.3, 0.4) is 0 Å². The second-order valence-corrected chi connectivity index (χ2v) is 6.86. The molecule has 2 rings (SSSR count). The first-order chi connectivity index (χ1) is 7.91. The summed E-state index contributed by atoms with van der Waals surface area (Å²) in [6.07, 6.45) is 4.18. The first kappa shape index (κ1) is 12.9. The number of aliphatic hydroxyl groups excluding tert-OH is 1. The molecule has 2 saturated carbocycles. The Labute approximate surface area is 104 Å². The van der Waals surface area contributed by atoms with Gasteiger partial charge in [-0.3, -0.25) is 4.79 Å². The van der Waals surface area contributed by atoms with Crippen molar-refractivity contribution in [3.05, 3.63) is 0 Å². The second kappa shape index (κ2) is 4.60. The van der Waals surface area contributed by atoms with Gasteiger partial charge in [0.05, 0.1) is 0 Å². The summed E-state index contributed by atoms with van der Waals surface area (Å²) in [7, 11) is 0. The Morgan fingerprint density at radius 3 is 2.35 bits per heavy atom. The van der Waals surface area contributed by atoms with Crippen molar-refractivity contribution in [1.29, 1.82) is 0 Å². The van der Waals surface area contributed by atoms with E-state index in [0.29, 0.717) is 6.42 Å². The third-order valence-corrected chi connectivity index (χ3v) is 4.39. The van der Waals surface area contributed by atoms with Gasteiger partial charge >= 0.3 is 0 Å². The molecule has 2 N–H and O–H groups in total. The summed E-state index contributed by atoms with van der Waals surface area (Å²) < 4.78 is 0. The van der Waals surface area contributed by atoms with Gasteiger partial charge in [-0.2, -0.15) is 0 Å². The lowest BCUT2D eigenvalue weighted by molar-refractivity contribution is -0.126. The lowest BCUT2D eigenvalue weighted by Crippen LogP contribution is -2.46. The molecule has 0 aromatic heterocycles. The van der Waals surface area contributed by atoms with Gasteiger partial charge < -0.3 is 10.4 Å². The van der Waals surface area contributed by atoms with Crippen LogP contribution in [0.25, 0.3) is 0 Å². The highest BCUT2D eigenvalue weighted by molar-refractivity contribution is 5.79. The Morgan fingerprint density at radius 1 is 1.29 bits per heavy atom. The highest BCUT2D eigenvalue weighted by Crippen LogP contribution is 2.54. The number of hydrogen-bond donors (Lipinski definition) is 2. The van der Waals surface area contributed by atoms with Gasteiger partial charge in [-0.1, -0.05) is 20.8 Å². The Balaban J connectivity index is 1.86. The van der Waals surface area contributed by atoms with Gasteiger partial charge in [0.2, 0.25) is 5.91 Å². The van der Waals surface area contributed by atoms with Crippen molar-refractivity contribution in [2.24, 2.45) is 23.2 Å². The fraction of sp³-hybridized carbons (Fsp3) is 0.929. The molecule has 0 saturated heterocycles. The van der Waals surface area contributed by atoms with Crippen LogP contribution >= 0.6 is 0 Å². The van der Waals surface area contributed by atoms with Crippen molar-refractivity contribution in [3.63, 3.8) is 0 Å². The van der Waals surface area contributed by atoms with E-state index >= 15 is 0 Å². The predicted molar refractivity (Wildman–Crippen MR) is 67.4 cm³/mol. The van der Waals surface area contributed by atoms with Crippen LogP contribution in [0.4, 0.5) is 0 Å². The molecule has 3 unspecified atom stereocenters. The van der Waals surface area contributed by atoms with Gasteiger partial charge in [0.1, 0.15) is 0 Å². The van der Waals surface area contributed by atoms with Gasteiger partial charge in [0, 0.05) is 18.6 Å². The number of aliphatic hydroxyl groups is 1. The normalized spacial score (nSPS) is 33.1. The fourth-order valence-corrected chi connectivity index (χ4v) is 3.07. The summed E-state index contributed by atoms with van der Waals surface area (Å²) in [6.45, 7) is 6.47. The van der Waals surface area contributed by atoms with Crippen LogP contribution in [0.2, 0.25) is 0 Å². The molecule has 3 atom stereocenters. The van der Waals surface area contributed by atoms with Crippen molar-refractivity contribution < 1.29 is 9.90 Å². The minimum atomic E-state index is 0.0138. The number of nitrogens with one attached hydrogen (secondary N) is 1. The highest BCUT2D eigenvalue weighted by Gasteiger charge is 2.48. The molecule has 2 aliphatic carbocycles. The number of hydrogen-bond acceptors (Lipinski definition) is 2. The summed E-state index contributed by atoms with van der Waals surface area (Å²) in [5, 5.41) is 12.2. The number of amides is 1. The van der Waals surface area contributed by atoms with Crippen LogP contribution in [0.1, 0.15) is 46.5 Å². The molecule has 0 bridgehead atoms. The van der Waals surface area contributed by atoms with Crippen LogP contribution in [-0.2, 0) is 4.79 Å². The Bertz CT molecular complexity index is 285. The number of carbonyl (C=O) groups excluding carboxylic acids is 1. The zero-order valence-corrected chi connectivity index (χ0v) is 11.2. The number of fused-ring (bicyclic) bond motifs is 1. The van der Waals surface area contributed by atoms with E-state index in [1.807, 2.05) is 0 Å². The molecule has 0 spiro atoms. The standard InChI is InChI=1S/C14H25NO2/c1-14(2,3)12(4-5-16)15-13(17)11-7-9-6-10(9)8-11/h9-12,16H,4-8H2,1-3H3,(H,15,17). The first-order valence-electron chi connectivity index (χ1n) is 6.83. The van der Waals surface area contributed by atoms with Crippen LogP contribution in [0, 0.1) is 23.2 Å². The van der Waals surface area contributed by atoms with E-state index in [1.165, 1.54) is 6.42 Å². The summed E-state index contributed by atoms with van der Waals surface area (Å²) in [4.78, 5) is 12.2. The fourth-order valence-electron chi connectivity index (χ4n) is 3.07. The van der Waals surface area contributed by atoms with E-state index < -0.39 is 0 Å². The van der Waals surface area contributed by atoms with Crippen LogP contribution in [0.5, 0.6) is 0 Å². The monoisotopic (exact) mass is 239 g/mol. The number of carbonyl (C=O) groups is 1. The first-order valence-corrected chi connectivity index (χ1v) is 6.83. The van der Waals surface area contributed by atoms with E-state index in [9.17, 15) is 4.79 Å². The van der Waals surface area contributed by atoms with Crippen molar-refractivity contribution in [2.45, 2.75) is 52.5 Å². The SMILES string of the molecule is CC(C)(C)C(CCO)NC(=O)C1CC2CC2C1. The molecule has 17 heavy (non-hydrogen) atoms. The van der Waals surface area contributed by atoms with Crippen molar-refractivity contribution in [3.8, 4) is 0 Å². The maximum atomic E-state index is 12.2. The van der Waals surface area contributed by atoms with Gasteiger partial charge in [-0.05, 0) is 42.9 Å². The minimum absolute atomic E-state index is 0.0138. The molecule has 3 heteroatoms. The summed E-state index contributed by atoms with van der Waals surface area (Å²) in [5.74, 6) is 2.14. The molecular weight excluding hydrogens is 214 g/mol. The minimum Gasteiger partial charge on any atom is -0.396 e. The molecular formula is C14H25NO2. The third kappa shape index (κ3) is 3.01. The molecule has 2 fully saturated rings. The average Bonchev–Trinajstić information content (AvgIpc) is 2.83. The van der Waals surface area contributed by atoms with Gasteiger partial charge in [-0.25, -0.2) is 0 Å². The molecule has 98 valence electrons. The van der Waals surface area contributed by atoms with Gasteiger partial charge in [0.25, 0.3) is 0 Å². The molecule has 0 radical (unpaired) electrons. The highest BCUT2D eigenvalue weighted by atomic mass is 16.3. The summed E-state index contributed by atoms with van der Waals surface area (Å²) >= 11 is 0. The number of rotatable bonds is 4. The molecule has 3 nitrogen and oxygen atoms in total. The Kier molecular flexibility index (Phi) is 3.48. The second-order valence-electron chi connectivity index (χ2n) is 6.86. The molecule has 0 aliphatic heterocycles. The van der Waals surface area contributed by atoms with E-state index in [4.69, 9.17) is 5.11 Å². The maximum Gasteiger partial charge on any atom is 0.223 e. The average molecular weight is 239 g/mol. The topological polar surface area (TPSA) is 49.3 Å². The van der Waals surface area contributed by atoms with E-state index in [2.05, 4.69) is 26.1 Å². The predicted octanol–water partition coefficient (Wildman–Crippen LogP) is 1.95. The van der Waals surface area contributed by atoms with Crippen molar-refractivity contribution in [2.75, 3.05) is 6.61 Å².